The fourth-order valence-electron chi connectivity index (χ4n) is 1.51. The van der Waals surface area contributed by atoms with Gasteiger partial charge >= 0.3 is 0 Å². The molecule has 0 saturated carbocycles. The van der Waals surface area contributed by atoms with Crippen LogP contribution in [0.3, 0.4) is 0 Å². The average Bonchev–Trinajstić information content (AvgIpc) is 2.26. The summed E-state index contributed by atoms with van der Waals surface area (Å²) in [5.41, 5.74) is 8.33. The first-order valence-electron chi connectivity index (χ1n) is 5.00. The minimum atomic E-state index is -0.286. The van der Waals surface area contributed by atoms with Crippen LogP contribution in [-0.2, 0) is 0 Å². The van der Waals surface area contributed by atoms with Gasteiger partial charge in [0.05, 0.1) is 0 Å². The van der Waals surface area contributed by atoms with Crippen LogP contribution in [0.2, 0.25) is 0 Å². The molecule has 0 unspecified atom stereocenters. The third kappa shape index (κ3) is 1.69. The molecule has 2 aromatic rings. The average molecular weight is 215 g/mol. The van der Waals surface area contributed by atoms with Gasteiger partial charge in [0.1, 0.15) is 0 Å². The van der Waals surface area contributed by atoms with Crippen molar-refractivity contribution in [1.29, 1.82) is 0 Å². The first kappa shape index (κ1) is 10.4. The molecule has 4 heteroatoms. The van der Waals surface area contributed by atoms with Crippen molar-refractivity contribution in [1.82, 2.24) is 9.55 Å². The summed E-state index contributed by atoms with van der Waals surface area (Å²) in [6.07, 6.45) is 3.13. The molecule has 0 saturated heterocycles. The van der Waals surface area contributed by atoms with Gasteiger partial charge in [0.25, 0.3) is 5.56 Å². The fourth-order valence-corrected chi connectivity index (χ4v) is 1.51. The van der Waals surface area contributed by atoms with Gasteiger partial charge in [0.15, 0.2) is 5.82 Å². The maximum atomic E-state index is 11.7. The van der Waals surface area contributed by atoms with Gasteiger partial charge in [0, 0.05) is 18.1 Å². The van der Waals surface area contributed by atoms with Crippen LogP contribution in [0.5, 0.6) is 0 Å². The number of hydrogen-bond donors (Lipinski definition) is 1. The van der Waals surface area contributed by atoms with Crippen molar-refractivity contribution in [3.8, 4) is 5.69 Å². The predicted molar refractivity (Wildman–Crippen MR) is 63.7 cm³/mol. The third-order valence-corrected chi connectivity index (χ3v) is 2.64. The number of benzene rings is 1. The van der Waals surface area contributed by atoms with Crippen molar-refractivity contribution in [2.24, 2.45) is 0 Å². The lowest BCUT2D eigenvalue weighted by Gasteiger charge is -2.08. The molecule has 0 aliphatic carbocycles. The van der Waals surface area contributed by atoms with E-state index < -0.39 is 0 Å². The highest BCUT2D eigenvalue weighted by atomic mass is 16.1. The second kappa shape index (κ2) is 3.81. The molecule has 0 atom stereocenters. The van der Waals surface area contributed by atoms with Crippen molar-refractivity contribution >= 4 is 5.82 Å². The number of nitrogen functional groups attached to an aromatic ring is 1. The maximum Gasteiger partial charge on any atom is 0.297 e. The van der Waals surface area contributed by atoms with E-state index in [4.69, 9.17) is 5.73 Å². The molecule has 82 valence electrons. The number of aryl methyl sites for hydroxylation is 2. The quantitative estimate of drug-likeness (QED) is 0.782. The van der Waals surface area contributed by atoms with E-state index >= 15 is 0 Å². The SMILES string of the molecule is Cc1ccc(-n2ccnc(N)c2=O)cc1C. The lowest BCUT2D eigenvalue weighted by atomic mass is 10.1. The molecule has 0 radical (unpaired) electrons. The summed E-state index contributed by atoms with van der Waals surface area (Å²) in [6, 6.07) is 5.83. The second-order valence-corrected chi connectivity index (χ2v) is 3.76. The number of hydrogen-bond acceptors (Lipinski definition) is 3. The summed E-state index contributed by atoms with van der Waals surface area (Å²) in [4.78, 5) is 15.5. The summed E-state index contributed by atoms with van der Waals surface area (Å²) in [7, 11) is 0. The van der Waals surface area contributed by atoms with Crippen molar-refractivity contribution < 1.29 is 0 Å². The van der Waals surface area contributed by atoms with Crippen molar-refractivity contribution in [2.75, 3.05) is 5.73 Å². The molecule has 4 nitrogen and oxygen atoms in total. The van der Waals surface area contributed by atoms with Crippen LogP contribution < -0.4 is 11.3 Å². The van der Waals surface area contributed by atoms with E-state index in [-0.39, 0.29) is 11.4 Å². The molecule has 1 aromatic carbocycles. The topological polar surface area (TPSA) is 60.9 Å². The molecule has 0 spiro atoms. The Morgan fingerprint density at radius 1 is 1.25 bits per heavy atom. The van der Waals surface area contributed by atoms with Gasteiger partial charge in [-0.25, -0.2) is 4.98 Å². The maximum absolute atomic E-state index is 11.7. The van der Waals surface area contributed by atoms with Crippen LogP contribution in [0, 0.1) is 13.8 Å². The molecular formula is C12H13N3O. The van der Waals surface area contributed by atoms with E-state index in [2.05, 4.69) is 4.98 Å². The molecule has 16 heavy (non-hydrogen) atoms. The number of aromatic nitrogens is 2. The Kier molecular flexibility index (Phi) is 2.48. The van der Waals surface area contributed by atoms with Crippen molar-refractivity contribution in [3.63, 3.8) is 0 Å². The van der Waals surface area contributed by atoms with Crippen LogP contribution in [0.4, 0.5) is 5.82 Å². The third-order valence-electron chi connectivity index (χ3n) is 2.64. The highest BCUT2D eigenvalue weighted by Crippen LogP contribution is 2.12. The van der Waals surface area contributed by atoms with Crippen molar-refractivity contribution in [2.45, 2.75) is 13.8 Å². The molecule has 0 aliphatic heterocycles. The molecule has 0 amide bonds. The monoisotopic (exact) mass is 215 g/mol. The standard InChI is InChI=1S/C12H13N3O/c1-8-3-4-10(7-9(8)2)15-6-5-14-11(13)12(15)16/h3-7H,1-2H3,(H2,13,14). The highest BCUT2D eigenvalue weighted by Gasteiger charge is 2.03. The Morgan fingerprint density at radius 2 is 2.00 bits per heavy atom. The Hall–Kier alpha value is -2.10. The smallest absolute Gasteiger partial charge is 0.297 e. The van der Waals surface area contributed by atoms with E-state index in [1.807, 2.05) is 32.0 Å². The van der Waals surface area contributed by atoms with Gasteiger partial charge in [-0.1, -0.05) is 6.07 Å². The number of anilines is 1. The van der Waals surface area contributed by atoms with Crippen LogP contribution in [-0.4, -0.2) is 9.55 Å². The minimum absolute atomic E-state index is 0.0146. The summed E-state index contributed by atoms with van der Waals surface area (Å²) < 4.78 is 1.49. The number of nitrogens with zero attached hydrogens (tertiary/aromatic N) is 2. The molecule has 0 fully saturated rings. The van der Waals surface area contributed by atoms with Gasteiger partial charge in [-0.15, -0.1) is 0 Å². The van der Waals surface area contributed by atoms with Gasteiger partial charge in [-0.3, -0.25) is 9.36 Å². The molecular weight excluding hydrogens is 202 g/mol. The largest absolute Gasteiger partial charge is 0.379 e. The first-order valence-corrected chi connectivity index (χ1v) is 5.00. The predicted octanol–water partition coefficient (Wildman–Crippen LogP) is 1.43. The van der Waals surface area contributed by atoms with Crippen LogP contribution in [0.15, 0.2) is 35.4 Å². The molecule has 2 N–H and O–H groups in total. The minimum Gasteiger partial charge on any atom is -0.379 e. The Morgan fingerprint density at radius 3 is 2.69 bits per heavy atom. The number of nitrogens with two attached hydrogens (primary N) is 1. The number of rotatable bonds is 1. The van der Waals surface area contributed by atoms with E-state index in [9.17, 15) is 4.79 Å². The molecule has 0 aliphatic rings. The summed E-state index contributed by atoms with van der Waals surface area (Å²) in [6.45, 7) is 4.04. The molecule has 1 aromatic heterocycles. The second-order valence-electron chi connectivity index (χ2n) is 3.76. The lowest BCUT2D eigenvalue weighted by molar-refractivity contribution is 0.961. The highest BCUT2D eigenvalue weighted by molar-refractivity contribution is 5.41. The van der Waals surface area contributed by atoms with Gasteiger partial charge < -0.3 is 5.73 Å². The van der Waals surface area contributed by atoms with Crippen LogP contribution in [0.25, 0.3) is 5.69 Å². The zero-order valence-corrected chi connectivity index (χ0v) is 9.27. The Labute approximate surface area is 93.4 Å². The zero-order chi connectivity index (χ0) is 11.7. The molecule has 2 rings (SSSR count). The van der Waals surface area contributed by atoms with Crippen LogP contribution in [0.1, 0.15) is 11.1 Å². The van der Waals surface area contributed by atoms with Crippen molar-refractivity contribution in [3.05, 3.63) is 52.1 Å². The summed E-state index contributed by atoms with van der Waals surface area (Å²) in [5, 5.41) is 0. The van der Waals surface area contributed by atoms with Gasteiger partial charge in [-0.05, 0) is 37.1 Å². The zero-order valence-electron chi connectivity index (χ0n) is 9.27. The lowest BCUT2D eigenvalue weighted by Crippen LogP contribution is -2.22. The van der Waals surface area contributed by atoms with E-state index in [1.54, 1.807) is 6.20 Å². The summed E-state index contributed by atoms with van der Waals surface area (Å²) >= 11 is 0. The normalized spacial score (nSPS) is 10.4. The van der Waals surface area contributed by atoms with Crippen LogP contribution >= 0.6 is 0 Å². The van der Waals surface area contributed by atoms with E-state index in [1.165, 1.54) is 16.3 Å². The fraction of sp³-hybridized carbons (Fsp3) is 0.167. The van der Waals surface area contributed by atoms with Gasteiger partial charge in [-0.2, -0.15) is 0 Å². The first-order chi connectivity index (χ1) is 7.59. The van der Waals surface area contributed by atoms with Gasteiger partial charge in [0.2, 0.25) is 0 Å². The molecule has 1 heterocycles. The molecule has 0 bridgehead atoms. The Bertz CT molecular complexity index is 587. The Balaban J connectivity index is 2.64. The summed E-state index contributed by atoms with van der Waals surface area (Å²) in [5.74, 6) is 0.0146. The van der Waals surface area contributed by atoms with E-state index in [0.717, 1.165) is 11.3 Å². The van der Waals surface area contributed by atoms with E-state index in [0.29, 0.717) is 0 Å².